The van der Waals surface area contributed by atoms with Gasteiger partial charge in [-0.2, -0.15) is 0 Å². The number of fused-ring (bicyclic) bond motifs is 4. The van der Waals surface area contributed by atoms with Crippen LogP contribution in [0.15, 0.2) is 0 Å². The number of Topliss-reactive ketones (excluding diaryl/α,β-unsaturated/α-hetero) is 1. The van der Waals surface area contributed by atoms with Gasteiger partial charge in [-0.3, -0.25) is 4.79 Å². The van der Waals surface area contributed by atoms with Gasteiger partial charge >= 0.3 is 5.97 Å². The van der Waals surface area contributed by atoms with Crippen LogP contribution >= 0.6 is 0 Å². The first-order valence-electron chi connectivity index (χ1n) is 11.6. The van der Waals surface area contributed by atoms with E-state index in [1.807, 2.05) is 0 Å². The molecular formula is C24H38O4. The van der Waals surface area contributed by atoms with Gasteiger partial charge in [0.1, 0.15) is 11.4 Å². The number of ketones is 1. The molecule has 0 aromatic heterocycles. The van der Waals surface area contributed by atoms with Crippen LogP contribution in [0.1, 0.15) is 91.9 Å². The first-order chi connectivity index (χ1) is 13.3. The topological polar surface area (TPSA) is 55.9 Å². The van der Waals surface area contributed by atoms with Gasteiger partial charge in [0, 0.05) is 17.3 Å². The summed E-state index contributed by atoms with van der Waals surface area (Å²) >= 11 is 0. The van der Waals surface area contributed by atoms with Crippen LogP contribution in [0.4, 0.5) is 0 Å². The van der Waals surface area contributed by atoms with Gasteiger partial charge in [-0.25, -0.2) is 4.79 Å². The van der Waals surface area contributed by atoms with Crippen LogP contribution in [0.5, 0.6) is 0 Å². The summed E-state index contributed by atoms with van der Waals surface area (Å²) in [6, 6.07) is 0. The van der Waals surface area contributed by atoms with Crippen LogP contribution in [-0.4, -0.2) is 30.1 Å². The van der Waals surface area contributed by atoms with Crippen LogP contribution < -0.4 is 0 Å². The Morgan fingerprint density at radius 1 is 1.18 bits per heavy atom. The highest BCUT2D eigenvalue weighted by Crippen LogP contribution is 2.75. The molecule has 1 saturated heterocycles. The van der Waals surface area contributed by atoms with E-state index < -0.39 is 5.60 Å². The fraction of sp³-hybridized carbons (Fsp3) is 0.917. The number of hydrogen-bond donors (Lipinski definition) is 0. The first kappa shape index (κ1) is 20.4. The highest BCUT2D eigenvalue weighted by Gasteiger charge is 2.86. The number of carbonyl (C=O) groups excluding carboxylic acids is 2. The maximum Gasteiger partial charge on any atom is 0.341 e. The third kappa shape index (κ3) is 2.27. The Kier molecular flexibility index (Phi) is 4.77. The maximum absolute atomic E-state index is 13.2. The minimum atomic E-state index is -0.783. The second-order valence-corrected chi connectivity index (χ2v) is 10.5. The Hall–Kier alpha value is -0.900. The van der Waals surface area contributed by atoms with Gasteiger partial charge in [0.2, 0.25) is 0 Å². The van der Waals surface area contributed by atoms with Crippen molar-refractivity contribution in [3.63, 3.8) is 0 Å². The molecule has 158 valence electrons. The number of methoxy groups -OCH3 is 1. The zero-order valence-corrected chi connectivity index (χ0v) is 18.4. The molecule has 3 aliphatic carbocycles. The third-order valence-electron chi connectivity index (χ3n) is 9.67. The van der Waals surface area contributed by atoms with Crippen molar-refractivity contribution in [2.24, 2.45) is 28.6 Å². The summed E-state index contributed by atoms with van der Waals surface area (Å²) in [5.41, 5.74) is -1.54. The number of ether oxygens (including phenoxy) is 2. The highest BCUT2D eigenvalue weighted by molar-refractivity contribution is 5.88. The molecule has 4 rings (SSSR count). The first-order valence-corrected chi connectivity index (χ1v) is 11.6. The van der Waals surface area contributed by atoms with Gasteiger partial charge in [-0.15, -0.1) is 0 Å². The Morgan fingerprint density at radius 2 is 1.93 bits per heavy atom. The number of carbonyl (C=O) groups is 2. The fourth-order valence-electron chi connectivity index (χ4n) is 7.97. The average molecular weight is 391 g/mol. The minimum Gasteiger partial charge on any atom is -0.467 e. The van der Waals surface area contributed by atoms with Gasteiger partial charge in [-0.05, 0) is 56.3 Å². The van der Waals surface area contributed by atoms with E-state index >= 15 is 0 Å². The molecule has 28 heavy (non-hydrogen) atoms. The van der Waals surface area contributed by atoms with Crippen LogP contribution in [0.2, 0.25) is 0 Å². The molecule has 3 saturated carbocycles. The molecule has 0 amide bonds. The monoisotopic (exact) mass is 390 g/mol. The normalized spacial score (nSPS) is 49.2. The van der Waals surface area contributed by atoms with Gasteiger partial charge in [0.15, 0.2) is 5.60 Å². The molecule has 0 aromatic rings. The van der Waals surface area contributed by atoms with E-state index in [2.05, 4.69) is 27.7 Å². The van der Waals surface area contributed by atoms with E-state index in [1.165, 1.54) is 13.5 Å². The van der Waals surface area contributed by atoms with Gasteiger partial charge in [-0.1, -0.05) is 47.0 Å². The number of hydrogen-bond acceptors (Lipinski definition) is 4. The molecule has 4 fully saturated rings. The molecule has 0 aromatic carbocycles. The summed E-state index contributed by atoms with van der Waals surface area (Å²) in [4.78, 5) is 25.9. The van der Waals surface area contributed by atoms with E-state index in [4.69, 9.17) is 9.47 Å². The Bertz CT molecular complexity index is 674. The highest BCUT2D eigenvalue weighted by atomic mass is 16.7. The van der Waals surface area contributed by atoms with Crippen molar-refractivity contribution in [1.82, 2.24) is 0 Å². The molecule has 4 nitrogen and oxygen atoms in total. The maximum atomic E-state index is 13.2. The molecule has 0 radical (unpaired) electrons. The van der Waals surface area contributed by atoms with E-state index in [0.29, 0.717) is 23.5 Å². The number of rotatable bonds is 6. The van der Waals surface area contributed by atoms with Crippen molar-refractivity contribution >= 4 is 11.8 Å². The zero-order chi connectivity index (χ0) is 20.4. The molecule has 7 unspecified atom stereocenters. The van der Waals surface area contributed by atoms with Crippen molar-refractivity contribution in [2.45, 2.75) is 103 Å². The largest absolute Gasteiger partial charge is 0.467 e. The Labute approximate surface area is 170 Å². The lowest BCUT2D eigenvalue weighted by Gasteiger charge is -2.56. The zero-order valence-electron chi connectivity index (χ0n) is 18.4. The molecule has 0 spiro atoms. The lowest BCUT2D eigenvalue weighted by atomic mass is 9.44. The Morgan fingerprint density at radius 3 is 2.57 bits per heavy atom. The fourth-order valence-corrected chi connectivity index (χ4v) is 7.97. The molecule has 4 aliphatic rings. The van der Waals surface area contributed by atoms with Crippen molar-refractivity contribution in [3.05, 3.63) is 0 Å². The summed E-state index contributed by atoms with van der Waals surface area (Å²) in [7, 11) is 1.51. The molecule has 4 heteroatoms. The Balaban J connectivity index is 1.75. The van der Waals surface area contributed by atoms with E-state index in [9.17, 15) is 9.59 Å². The van der Waals surface area contributed by atoms with Crippen molar-refractivity contribution in [1.29, 1.82) is 0 Å². The second-order valence-electron chi connectivity index (χ2n) is 10.5. The van der Waals surface area contributed by atoms with E-state index in [1.54, 1.807) is 0 Å². The van der Waals surface area contributed by atoms with Gasteiger partial charge in [0.05, 0.1) is 7.11 Å². The van der Waals surface area contributed by atoms with Gasteiger partial charge < -0.3 is 9.47 Å². The summed E-state index contributed by atoms with van der Waals surface area (Å²) in [6.07, 6.45) is 9.95. The second kappa shape index (κ2) is 6.55. The molecule has 1 heterocycles. The predicted molar refractivity (Wildman–Crippen MR) is 108 cm³/mol. The van der Waals surface area contributed by atoms with Gasteiger partial charge in [0.25, 0.3) is 0 Å². The number of epoxide rings is 1. The summed E-state index contributed by atoms with van der Waals surface area (Å²) in [5.74, 6) is 1.67. The van der Waals surface area contributed by atoms with Crippen LogP contribution in [0, 0.1) is 28.6 Å². The summed E-state index contributed by atoms with van der Waals surface area (Å²) in [6.45, 7) is 8.91. The number of unbranched alkanes of at least 4 members (excludes halogenated alkanes) is 2. The molecule has 0 N–H and O–H groups in total. The molecule has 1 aliphatic heterocycles. The molecule has 0 bridgehead atoms. The molecular weight excluding hydrogens is 352 g/mol. The van der Waals surface area contributed by atoms with Crippen molar-refractivity contribution in [3.8, 4) is 0 Å². The van der Waals surface area contributed by atoms with Crippen LogP contribution in [0.25, 0.3) is 0 Å². The quantitative estimate of drug-likeness (QED) is 0.360. The molecule has 7 atom stereocenters. The minimum absolute atomic E-state index is 0.152. The average Bonchev–Trinajstić information content (AvgIpc) is 3.27. The number of esters is 1. The lowest BCUT2D eigenvalue weighted by molar-refractivity contribution is -0.163. The van der Waals surface area contributed by atoms with Crippen molar-refractivity contribution < 1.29 is 19.1 Å². The predicted octanol–water partition coefficient (Wildman–Crippen LogP) is 5.08. The lowest BCUT2D eigenvalue weighted by Crippen LogP contribution is -2.61. The van der Waals surface area contributed by atoms with E-state index in [0.717, 1.165) is 57.8 Å². The van der Waals surface area contributed by atoms with Crippen LogP contribution in [0.3, 0.4) is 0 Å². The summed E-state index contributed by atoms with van der Waals surface area (Å²) in [5, 5.41) is 0. The smallest absolute Gasteiger partial charge is 0.341 e. The standard InChI is InChI=1S/C24H38O4/c1-6-8-9-13-23-15-16-17-10-11-19(25)21(17,3)14-12-18(16)22(4,7-2)24(23,28-23)20(26)27-5/h16-18H,6-15H2,1-5H3. The third-order valence-corrected chi connectivity index (χ3v) is 9.67. The van der Waals surface area contributed by atoms with E-state index in [-0.39, 0.29) is 22.4 Å². The van der Waals surface area contributed by atoms with Crippen LogP contribution in [-0.2, 0) is 19.1 Å². The SMILES string of the molecule is CCCCCC12CC3C4CCC(=O)C4(C)CCC3C(C)(CC)C1(C(=O)OC)O2. The van der Waals surface area contributed by atoms with Crippen molar-refractivity contribution in [2.75, 3.05) is 7.11 Å². The summed E-state index contributed by atoms with van der Waals surface area (Å²) < 4.78 is 11.9.